The Balaban J connectivity index is 2.03. The van der Waals surface area contributed by atoms with Crippen LogP contribution in [0.15, 0.2) is 35.6 Å². The quantitative estimate of drug-likeness (QED) is 0.606. The number of thioether (sulfide) groups is 1. The maximum Gasteiger partial charge on any atom is 0.117 e. The number of likely N-dealkylation sites (N-methyl/N-ethyl adjacent to an activating group) is 1. The summed E-state index contributed by atoms with van der Waals surface area (Å²) in [7, 11) is 0. The van der Waals surface area contributed by atoms with E-state index in [2.05, 4.69) is 29.1 Å². The third-order valence-corrected chi connectivity index (χ3v) is 4.36. The van der Waals surface area contributed by atoms with Gasteiger partial charge in [-0.05, 0) is 26.0 Å². The van der Waals surface area contributed by atoms with Crippen LogP contribution in [0.2, 0.25) is 0 Å². The van der Waals surface area contributed by atoms with Crippen LogP contribution in [0.4, 0.5) is 0 Å². The second kappa shape index (κ2) is 7.02. The molecule has 2 aromatic rings. The van der Waals surface area contributed by atoms with Gasteiger partial charge in [-0.15, -0.1) is 11.8 Å². The summed E-state index contributed by atoms with van der Waals surface area (Å²) >= 11 is 1.72. The van der Waals surface area contributed by atoms with Gasteiger partial charge in [0.2, 0.25) is 0 Å². The maximum atomic E-state index is 9.49. The van der Waals surface area contributed by atoms with Gasteiger partial charge in [-0.25, -0.2) is 9.97 Å². The minimum atomic E-state index is -0.218. The van der Waals surface area contributed by atoms with Crippen LogP contribution in [0.3, 0.4) is 0 Å². The third-order valence-electron chi connectivity index (χ3n) is 3.35. The predicted octanol–water partition coefficient (Wildman–Crippen LogP) is 2.47. The number of para-hydroxylation sites is 1. The van der Waals surface area contributed by atoms with Crippen LogP contribution in [0, 0.1) is 0 Å². The lowest BCUT2D eigenvalue weighted by molar-refractivity contribution is 0.173. The van der Waals surface area contributed by atoms with Crippen LogP contribution < -0.4 is 5.32 Å². The monoisotopic (exact) mass is 291 g/mol. The van der Waals surface area contributed by atoms with Crippen molar-refractivity contribution in [1.29, 1.82) is 0 Å². The molecule has 0 spiro atoms. The van der Waals surface area contributed by atoms with Crippen molar-refractivity contribution < 1.29 is 5.11 Å². The lowest BCUT2D eigenvalue weighted by Crippen LogP contribution is -2.46. The van der Waals surface area contributed by atoms with E-state index < -0.39 is 0 Å². The molecule has 1 aromatic carbocycles. The molecule has 0 radical (unpaired) electrons. The van der Waals surface area contributed by atoms with Gasteiger partial charge in [-0.3, -0.25) is 0 Å². The van der Waals surface area contributed by atoms with Crippen molar-refractivity contribution >= 4 is 22.7 Å². The molecule has 108 valence electrons. The molecule has 1 unspecified atom stereocenters. The first kappa shape index (κ1) is 15.2. The zero-order chi connectivity index (χ0) is 14.4. The Morgan fingerprint density at radius 3 is 2.85 bits per heavy atom. The van der Waals surface area contributed by atoms with E-state index in [4.69, 9.17) is 0 Å². The van der Waals surface area contributed by atoms with Gasteiger partial charge in [0.25, 0.3) is 0 Å². The number of hydrogen-bond donors (Lipinski definition) is 2. The van der Waals surface area contributed by atoms with Crippen LogP contribution in [0.1, 0.15) is 20.3 Å². The number of nitrogens with one attached hydrogen (secondary N) is 1. The van der Waals surface area contributed by atoms with Crippen molar-refractivity contribution in [2.75, 3.05) is 18.9 Å². The molecule has 1 atom stereocenters. The average Bonchev–Trinajstić information content (AvgIpc) is 2.48. The van der Waals surface area contributed by atoms with Crippen molar-refractivity contribution in [3.8, 4) is 0 Å². The van der Waals surface area contributed by atoms with E-state index in [0.29, 0.717) is 0 Å². The average molecular weight is 291 g/mol. The molecule has 1 heterocycles. The Labute approximate surface area is 124 Å². The van der Waals surface area contributed by atoms with Crippen LogP contribution in [0.25, 0.3) is 10.9 Å². The lowest BCUT2D eigenvalue weighted by atomic mass is 10.0. The summed E-state index contributed by atoms with van der Waals surface area (Å²) in [6, 6.07) is 8.04. The van der Waals surface area contributed by atoms with Gasteiger partial charge in [0.1, 0.15) is 11.4 Å². The Kier molecular flexibility index (Phi) is 5.34. The number of aromatic nitrogens is 2. The summed E-state index contributed by atoms with van der Waals surface area (Å²) in [5, 5.41) is 14.9. The summed E-state index contributed by atoms with van der Waals surface area (Å²) < 4.78 is 0. The maximum absolute atomic E-state index is 9.49. The molecule has 0 saturated carbocycles. The van der Waals surface area contributed by atoms with E-state index in [-0.39, 0.29) is 12.1 Å². The van der Waals surface area contributed by atoms with Gasteiger partial charge in [-0.1, -0.05) is 25.1 Å². The van der Waals surface area contributed by atoms with Crippen molar-refractivity contribution in [2.45, 2.75) is 30.8 Å². The number of benzene rings is 1. The Hall–Kier alpha value is -1.17. The first-order valence-electron chi connectivity index (χ1n) is 6.87. The first-order chi connectivity index (χ1) is 9.68. The van der Waals surface area contributed by atoms with E-state index >= 15 is 0 Å². The van der Waals surface area contributed by atoms with Gasteiger partial charge in [-0.2, -0.15) is 0 Å². The Morgan fingerprint density at radius 1 is 1.30 bits per heavy atom. The van der Waals surface area contributed by atoms with Crippen LogP contribution in [-0.4, -0.2) is 39.5 Å². The molecule has 0 bridgehead atoms. The summed E-state index contributed by atoms with van der Waals surface area (Å²) in [6.07, 6.45) is 2.50. The van der Waals surface area contributed by atoms with Gasteiger partial charge < -0.3 is 10.4 Å². The van der Waals surface area contributed by atoms with E-state index in [9.17, 15) is 5.11 Å². The van der Waals surface area contributed by atoms with E-state index in [1.165, 1.54) is 0 Å². The second-order valence-electron chi connectivity index (χ2n) is 5.04. The van der Waals surface area contributed by atoms with Gasteiger partial charge in [0, 0.05) is 16.7 Å². The number of aliphatic hydroxyl groups is 1. The minimum Gasteiger partial charge on any atom is -0.394 e. The molecule has 0 aliphatic rings. The highest BCUT2D eigenvalue weighted by Crippen LogP contribution is 2.26. The molecule has 1 aromatic heterocycles. The zero-order valence-electron chi connectivity index (χ0n) is 12.0. The Bertz CT molecular complexity index is 558. The highest BCUT2D eigenvalue weighted by Gasteiger charge is 2.21. The molecular weight excluding hydrogens is 270 g/mol. The van der Waals surface area contributed by atoms with Gasteiger partial charge in [0.15, 0.2) is 0 Å². The lowest BCUT2D eigenvalue weighted by Gasteiger charge is -2.28. The predicted molar refractivity (Wildman–Crippen MR) is 84.0 cm³/mol. The van der Waals surface area contributed by atoms with Gasteiger partial charge >= 0.3 is 0 Å². The van der Waals surface area contributed by atoms with E-state index in [1.807, 2.05) is 24.3 Å². The third kappa shape index (κ3) is 3.69. The summed E-state index contributed by atoms with van der Waals surface area (Å²) in [5.41, 5.74) is 0.756. The van der Waals surface area contributed by atoms with Crippen molar-refractivity contribution in [1.82, 2.24) is 15.3 Å². The topological polar surface area (TPSA) is 58.0 Å². The van der Waals surface area contributed by atoms with Crippen LogP contribution >= 0.6 is 11.8 Å². The highest BCUT2D eigenvalue weighted by molar-refractivity contribution is 7.99. The molecule has 2 rings (SSSR count). The normalized spacial score (nSPS) is 14.3. The standard InChI is InChI=1S/C15H21N3OS/c1-3-18-15(2,10-19)8-9-20-14-12-6-4-5-7-13(12)16-11-17-14/h4-7,11,18-19H,3,8-10H2,1-2H3. The molecule has 0 aliphatic carbocycles. The van der Waals surface area contributed by atoms with Crippen LogP contribution in [-0.2, 0) is 0 Å². The molecule has 0 fully saturated rings. The number of rotatable bonds is 7. The number of nitrogens with zero attached hydrogens (tertiary/aromatic N) is 2. The smallest absolute Gasteiger partial charge is 0.117 e. The van der Waals surface area contributed by atoms with E-state index in [0.717, 1.165) is 34.6 Å². The zero-order valence-corrected chi connectivity index (χ0v) is 12.8. The largest absolute Gasteiger partial charge is 0.394 e. The fourth-order valence-corrected chi connectivity index (χ4v) is 3.31. The van der Waals surface area contributed by atoms with Crippen molar-refractivity contribution in [3.05, 3.63) is 30.6 Å². The molecule has 20 heavy (non-hydrogen) atoms. The molecular formula is C15H21N3OS. The summed E-state index contributed by atoms with van der Waals surface area (Å²) in [4.78, 5) is 8.63. The van der Waals surface area contributed by atoms with Gasteiger partial charge in [0.05, 0.1) is 12.1 Å². The van der Waals surface area contributed by atoms with Crippen molar-refractivity contribution in [3.63, 3.8) is 0 Å². The first-order valence-corrected chi connectivity index (χ1v) is 7.85. The summed E-state index contributed by atoms with van der Waals surface area (Å²) in [6.45, 7) is 5.11. The fourth-order valence-electron chi connectivity index (χ4n) is 2.12. The van der Waals surface area contributed by atoms with Crippen LogP contribution in [0.5, 0.6) is 0 Å². The number of aliphatic hydroxyl groups excluding tert-OH is 1. The second-order valence-corrected chi connectivity index (χ2v) is 6.13. The fraction of sp³-hybridized carbons (Fsp3) is 0.467. The molecule has 0 amide bonds. The molecule has 0 aliphatic heterocycles. The summed E-state index contributed by atoms with van der Waals surface area (Å²) in [5.74, 6) is 0.908. The SMILES string of the molecule is CCNC(C)(CO)CCSc1ncnc2ccccc12. The van der Waals surface area contributed by atoms with Crippen molar-refractivity contribution in [2.24, 2.45) is 0 Å². The molecule has 4 nitrogen and oxygen atoms in total. The highest BCUT2D eigenvalue weighted by atomic mass is 32.2. The molecule has 2 N–H and O–H groups in total. The molecule has 5 heteroatoms. The Morgan fingerprint density at radius 2 is 2.10 bits per heavy atom. The number of fused-ring (bicyclic) bond motifs is 1. The van der Waals surface area contributed by atoms with E-state index in [1.54, 1.807) is 18.1 Å². The molecule has 0 saturated heterocycles. The minimum absolute atomic E-state index is 0.145. The number of hydrogen-bond acceptors (Lipinski definition) is 5.